The molecule has 0 aliphatic carbocycles. The van der Waals surface area contributed by atoms with Crippen molar-refractivity contribution in [1.82, 2.24) is 4.72 Å². The summed E-state index contributed by atoms with van der Waals surface area (Å²) in [7, 11) is -3.68. The second-order valence-corrected chi connectivity index (χ2v) is 6.62. The fraction of sp³-hybridized carbons (Fsp3) is 0.429. The zero-order valence-corrected chi connectivity index (χ0v) is 12.4. The molecule has 1 unspecified atom stereocenters. The van der Waals surface area contributed by atoms with Crippen LogP contribution in [0.5, 0.6) is 0 Å². The lowest BCUT2D eigenvalue weighted by Crippen LogP contribution is -2.51. The molecule has 104 valence electrons. The van der Waals surface area contributed by atoms with Gasteiger partial charge in [-0.15, -0.1) is 5.92 Å². The molecule has 5 heteroatoms. The van der Waals surface area contributed by atoms with Crippen molar-refractivity contribution in [3.8, 4) is 11.8 Å². The Bertz CT molecular complexity index is 592. The Morgan fingerprint density at radius 1 is 1.26 bits per heavy atom. The highest BCUT2D eigenvalue weighted by Gasteiger charge is 2.32. The van der Waals surface area contributed by atoms with Crippen LogP contribution in [0.25, 0.3) is 0 Å². The van der Waals surface area contributed by atoms with Crippen LogP contribution in [0.4, 0.5) is 0 Å². The molecule has 0 heterocycles. The first-order valence-electron chi connectivity index (χ1n) is 5.90. The first kappa shape index (κ1) is 15.7. The summed E-state index contributed by atoms with van der Waals surface area (Å²) in [5, 5.41) is 9.83. The molecule has 0 aliphatic rings. The molecule has 1 atom stereocenters. The standard InChI is InChI=1S/C14H19NO3S/c1-5-6-13(16)14(3,4)15-19(17,18)12-9-7-11(2)8-10-12/h7-10,13,15-16H,1-4H3. The summed E-state index contributed by atoms with van der Waals surface area (Å²) in [4.78, 5) is 0.169. The minimum atomic E-state index is -3.68. The molecule has 0 fully saturated rings. The number of benzene rings is 1. The Hall–Kier alpha value is -1.35. The molecule has 1 aromatic rings. The molecule has 0 spiro atoms. The number of aliphatic hydroxyl groups is 1. The van der Waals surface area contributed by atoms with E-state index in [0.29, 0.717) is 0 Å². The van der Waals surface area contributed by atoms with Crippen molar-refractivity contribution in [3.63, 3.8) is 0 Å². The van der Waals surface area contributed by atoms with Crippen LogP contribution in [-0.4, -0.2) is 25.2 Å². The maximum atomic E-state index is 12.2. The quantitative estimate of drug-likeness (QED) is 0.821. The largest absolute Gasteiger partial charge is 0.378 e. The summed E-state index contributed by atoms with van der Waals surface area (Å²) in [5.74, 6) is 5.12. The topological polar surface area (TPSA) is 66.4 Å². The van der Waals surface area contributed by atoms with Crippen molar-refractivity contribution >= 4 is 10.0 Å². The highest BCUT2D eigenvalue weighted by atomic mass is 32.2. The van der Waals surface area contributed by atoms with E-state index in [1.54, 1.807) is 32.9 Å². The molecule has 2 N–H and O–H groups in total. The first-order chi connectivity index (χ1) is 8.69. The second kappa shape index (κ2) is 5.74. The number of nitrogens with one attached hydrogen (secondary N) is 1. The first-order valence-corrected chi connectivity index (χ1v) is 7.38. The van der Waals surface area contributed by atoms with Gasteiger partial charge in [-0.2, -0.15) is 0 Å². The lowest BCUT2D eigenvalue weighted by molar-refractivity contribution is 0.146. The molecular weight excluding hydrogens is 262 g/mol. The summed E-state index contributed by atoms with van der Waals surface area (Å²) in [6.45, 7) is 6.66. The predicted molar refractivity (Wildman–Crippen MR) is 75.0 cm³/mol. The van der Waals surface area contributed by atoms with E-state index in [-0.39, 0.29) is 4.90 Å². The summed E-state index contributed by atoms with van der Waals surface area (Å²) in [5.41, 5.74) is -0.0812. The third-order valence-corrected chi connectivity index (χ3v) is 4.38. The minimum Gasteiger partial charge on any atom is -0.378 e. The van der Waals surface area contributed by atoms with E-state index in [1.807, 2.05) is 6.92 Å². The molecule has 0 aromatic heterocycles. The molecule has 0 amide bonds. The fourth-order valence-corrected chi connectivity index (χ4v) is 2.91. The molecule has 0 saturated carbocycles. The van der Waals surface area contributed by atoms with Crippen molar-refractivity contribution in [2.75, 3.05) is 0 Å². The van der Waals surface area contributed by atoms with Crippen molar-refractivity contribution in [2.24, 2.45) is 0 Å². The lowest BCUT2D eigenvalue weighted by atomic mass is 10.00. The smallest absolute Gasteiger partial charge is 0.241 e. The SMILES string of the molecule is CC#CC(O)C(C)(C)NS(=O)(=O)c1ccc(C)cc1. The summed E-state index contributed by atoms with van der Waals surface area (Å²) in [6.07, 6.45) is -1.07. The highest BCUT2D eigenvalue weighted by molar-refractivity contribution is 7.89. The third kappa shape index (κ3) is 4.06. The number of aliphatic hydroxyl groups excluding tert-OH is 1. The van der Waals surface area contributed by atoms with Crippen LogP contribution in [0.15, 0.2) is 29.2 Å². The van der Waals surface area contributed by atoms with E-state index in [9.17, 15) is 13.5 Å². The Labute approximate surface area is 114 Å². The summed E-state index contributed by atoms with van der Waals surface area (Å²) < 4.78 is 26.9. The Kier molecular flexibility index (Phi) is 4.75. The fourth-order valence-electron chi connectivity index (χ4n) is 1.50. The zero-order valence-electron chi connectivity index (χ0n) is 11.6. The molecule has 0 bridgehead atoms. The van der Waals surface area contributed by atoms with Crippen LogP contribution < -0.4 is 4.72 Å². The molecule has 0 radical (unpaired) electrons. The van der Waals surface area contributed by atoms with Crippen LogP contribution in [0.2, 0.25) is 0 Å². The minimum absolute atomic E-state index is 0.169. The summed E-state index contributed by atoms with van der Waals surface area (Å²) >= 11 is 0. The normalized spacial score (nSPS) is 13.5. The molecule has 4 nitrogen and oxygen atoms in total. The van der Waals surface area contributed by atoms with Gasteiger partial charge in [-0.25, -0.2) is 13.1 Å². The van der Waals surface area contributed by atoms with Gasteiger partial charge in [0.1, 0.15) is 6.10 Å². The maximum absolute atomic E-state index is 12.2. The van der Waals surface area contributed by atoms with E-state index in [4.69, 9.17) is 0 Å². The van der Waals surface area contributed by atoms with Crippen LogP contribution in [-0.2, 0) is 10.0 Å². The number of hydrogen-bond acceptors (Lipinski definition) is 3. The van der Waals surface area contributed by atoms with Gasteiger partial charge in [0.05, 0.1) is 10.4 Å². The van der Waals surface area contributed by atoms with Crippen LogP contribution >= 0.6 is 0 Å². The van der Waals surface area contributed by atoms with Crippen molar-refractivity contribution in [3.05, 3.63) is 29.8 Å². The number of hydrogen-bond donors (Lipinski definition) is 2. The maximum Gasteiger partial charge on any atom is 0.241 e. The van der Waals surface area contributed by atoms with Gasteiger partial charge in [0.15, 0.2) is 0 Å². The highest BCUT2D eigenvalue weighted by Crippen LogP contribution is 2.16. The molecule has 19 heavy (non-hydrogen) atoms. The van der Waals surface area contributed by atoms with E-state index >= 15 is 0 Å². The molecule has 1 aromatic carbocycles. The zero-order chi connectivity index (χ0) is 14.7. The number of rotatable bonds is 4. The van der Waals surface area contributed by atoms with E-state index in [1.165, 1.54) is 12.1 Å². The molecule has 1 rings (SSSR count). The number of sulfonamides is 1. The van der Waals surface area contributed by atoms with E-state index in [0.717, 1.165) is 5.56 Å². The van der Waals surface area contributed by atoms with Gasteiger partial charge in [-0.05, 0) is 39.8 Å². The van der Waals surface area contributed by atoms with Crippen LogP contribution in [0, 0.1) is 18.8 Å². The van der Waals surface area contributed by atoms with Gasteiger partial charge in [0.2, 0.25) is 10.0 Å². The van der Waals surface area contributed by atoms with Gasteiger partial charge >= 0.3 is 0 Å². The Balaban J connectivity index is 3.02. The average molecular weight is 281 g/mol. The number of aryl methyl sites for hydroxylation is 1. The van der Waals surface area contributed by atoms with Crippen LogP contribution in [0.1, 0.15) is 26.3 Å². The Morgan fingerprint density at radius 3 is 2.26 bits per heavy atom. The summed E-state index contributed by atoms with van der Waals surface area (Å²) in [6, 6.07) is 6.52. The Morgan fingerprint density at radius 2 is 1.79 bits per heavy atom. The van der Waals surface area contributed by atoms with E-state index < -0.39 is 21.7 Å². The lowest BCUT2D eigenvalue weighted by Gasteiger charge is -2.28. The van der Waals surface area contributed by atoms with Gasteiger partial charge in [-0.1, -0.05) is 23.6 Å². The van der Waals surface area contributed by atoms with E-state index in [2.05, 4.69) is 16.6 Å². The van der Waals surface area contributed by atoms with Crippen molar-refractivity contribution in [2.45, 2.75) is 44.2 Å². The van der Waals surface area contributed by atoms with Gasteiger partial charge in [-0.3, -0.25) is 0 Å². The van der Waals surface area contributed by atoms with Gasteiger partial charge < -0.3 is 5.11 Å². The molecule has 0 aliphatic heterocycles. The van der Waals surface area contributed by atoms with Gasteiger partial charge in [0, 0.05) is 0 Å². The molecular formula is C14H19NO3S. The van der Waals surface area contributed by atoms with Crippen LogP contribution in [0.3, 0.4) is 0 Å². The third-order valence-electron chi connectivity index (χ3n) is 2.69. The van der Waals surface area contributed by atoms with Crippen molar-refractivity contribution < 1.29 is 13.5 Å². The average Bonchev–Trinajstić information content (AvgIpc) is 2.28. The second-order valence-electron chi connectivity index (χ2n) is 4.94. The van der Waals surface area contributed by atoms with Gasteiger partial charge in [0.25, 0.3) is 0 Å². The van der Waals surface area contributed by atoms with Crippen molar-refractivity contribution in [1.29, 1.82) is 0 Å². The monoisotopic (exact) mass is 281 g/mol. The predicted octanol–water partition coefficient (Wildman–Crippen LogP) is 1.44. The molecule has 0 saturated heterocycles.